The number of piperidine rings is 1. The molecule has 1 fully saturated rings. The maximum absolute atomic E-state index is 12.7. The van der Waals surface area contributed by atoms with Crippen molar-refractivity contribution in [3.05, 3.63) is 65.7 Å². The second-order valence-corrected chi connectivity index (χ2v) is 7.08. The van der Waals surface area contributed by atoms with Crippen LogP contribution in [0.15, 0.2) is 54.6 Å². The first-order valence-electron chi connectivity index (χ1n) is 10.0. The molecule has 0 saturated carbocycles. The number of nitrogens with zero attached hydrogens (tertiary/aromatic N) is 1. The van der Waals surface area contributed by atoms with Gasteiger partial charge >= 0.3 is 0 Å². The fourth-order valence-corrected chi connectivity index (χ4v) is 3.50. The van der Waals surface area contributed by atoms with Gasteiger partial charge in [-0.2, -0.15) is 0 Å². The van der Waals surface area contributed by atoms with Crippen LogP contribution in [0.25, 0.3) is 0 Å². The fourth-order valence-electron chi connectivity index (χ4n) is 3.50. The zero-order chi connectivity index (χ0) is 19.8. The molecule has 2 aromatic rings. The van der Waals surface area contributed by atoms with Crippen LogP contribution in [0.4, 0.5) is 0 Å². The summed E-state index contributed by atoms with van der Waals surface area (Å²) in [5.74, 6) is 0.822. The lowest BCUT2D eigenvalue weighted by molar-refractivity contribution is -0.122. The minimum absolute atomic E-state index is 0.0235. The molecule has 0 spiro atoms. The topological polar surface area (TPSA) is 58.6 Å². The third-order valence-corrected chi connectivity index (χ3v) is 5.02. The van der Waals surface area contributed by atoms with Gasteiger partial charge < -0.3 is 15.0 Å². The summed E-state index contributed by atoms with van der Waals surface area (Å²) in [5, 5.41) is 3.12. The van der Waals surface area contributed by atoms with Crippen LogP contribution < -0.4 is 10.1 Å². The van der Waals surface area contributed by atoms with Crippen molar-refractivity contribution in [3.63, 3.8) is 0 Å². The Morgan fingerprint density at radius 3 is 2.54 bits per heavy atom. The van der Waals surface area contributed by atoms with Gasteiger partial charge in [0.1, 0.15) is 5.75 Å². The van der Waals surface area contributed by atoms with Crippen molar-refractivity contribution in [3.8, 4) is 5.75 Å². The Bertz CT molecular complexity index is 783. The number of aryl methyl sites for hydroxylation is 1. The number of ether oxygens (including phenoxy) is 1. The summed E-state index contributed by atoms with van der Waals surface area (Å²) in [4.78, 5) is 26.8. The van der Waals surface area contributed by atoms with Crippen LogP contribution in [0, 0.1) is 0 Å². The highest BCUT2D eigenvalue weighted by molar-refractivity contribution is 5.94. The van der Waals surface area contributed by atoms with Gasteiger partial charge in [0.15, 0.2) is 0 Å². The first kappa shape index (κ1) is 19.9. The molecule has 0 bridgehead atoms. The van der Waals surface area contributed by atoms with Gasteiger partial charge in [-0.1, -0.05) is 36.4 Å². The number of benzene rings is 2. The first-order valence-corrected chi connectivity index (χ1v) is 10.0. The average molecular weight is 380 g/mol. The van der Waals surface area contributed by atoms with Crippen molar-refractivity contribution in [2.45, 2.75) is 38.6 Å². The molecule has 2 amide bonds. The summed E-state index contributed by atoms with van der Waals surface area (Å²) in [5.41, 5.74) is 1.82. The second-order valence-electron chi connectivity index (χ2n) is 7.08. The molecule has 0 atom stereocenters. The summed E-state index contributed by atoms with van der Waals surface area (Å²) in [6.45, 7) is 3.81. The van der Waals surface area contributed by atoms with Crippen molar-refractivity contribution in [2.75, 3.05) is 19.7 Å². The normalized spacial score (nSPS) is 14.5. The van der Waals surface area contributed by atoms with Crippen LogP contribution >= 0.6 is 0 Å². The monoisotopic (exact) mass is 380 g/mol. The number of nitrogens with one attached hydrogen (secondary N) is 1. The van der Waals surface area contributed by atoms with E-state index in [9.17, 15) is 9.59 Å². The predicted octanol–water partition coefficient (Wildman–Crippen LogP) is 3.44. The lowest BCUT2D eigenvalue weighted by Gasteiger charge is -2.32. The van der Waals surface area contributed by atoms with E-state index >= 15 is 0 Å². The molecule has 0 radical (unpaired) electrons. The summed E-state index contributed by atoms with van der Waals surface area (Å²) in [6, 6.07) is 17.5. The molecule has 0 aliphatic carbocycles. The van der Waals surface area contributed by atoms with Gasteiger partial charge in [-0.05, 0) is 49.9 Å². The van der Waals surface area contributed by atoms with E-state index in [-0.39, 0.29) is 17.9 Å². The van der Waals surface area contributed by atoms with E-state index in [0.717, 1.165) is 19.3 Å². The van der Waals surface area contributed by atoms with E-state index in [0.29, 0.717) is 37.4 Å². The van der Waals surface area contributed by atoms with Crippen LogP contribution in [-0.4, -0.2) is 42.5 Å². The first-order chi connectivity index (χ1) is 13.7. The third kappa shape index (κ3) is 5.59. The Kier molecular flexibility index (Phi) is 7.06. The molecular weight excluding hydrogens is 352 g/mol. The van der Waals surface area contributed by atoms with Crippen LogP contribution in [0.1, 0.15) is 42.1 Å². The number of carbonyl (C=O) groups is 2. The number of likely N-dealkylation sites (tertiary alicyclic amines) is 1. The van der Waals surface area contributed by atoms with Gasteiger partial charge in [0.25, 0.3) is 5.91 Å². The maximum Gasteiger partial charge on any atom is 0.253 e. The van der Waals surface area contributed by atoms with Crippen molar-refractivity contribution in [1.82, 2.24) is 10.2 Å². The highest BCUT2D eigenvalue weighted by Gasteiger charge is 2.24. The molecule has 28 heavy (non-hydrogen) atoms. The van der Waals surface area contributed by atoms with E-state index in [4.69, 9.17) is 4.74 Å². The summed E-state index contributed by atoms with van der Waals surface area (Å²) in [7, 11) is 0. The van der Waals surface area contributed by atoms with E-state index in [1.807, 2.05) is 60.4 Å². The highest BCUT2D eigenvalue weighted by atomic mass is 16.5. The van der Waals surface area contributed by atoms with Crippen molar-refractivity contribution >= 4 is 11.8 Å². The van der Waals surface area contributed by atoms with E-state index in [1.165, 1.54) is 5.56 Å². The Hall–Kier alpha value is -2.82. The quantitative estimate of drug-likeness (QED) is 0.800. The molecule has 3 rings (SSSR count). The average Bonchev–Trinajstić information content (AvgIpc) is 2.73. The molecule has 1 heterocycles. The lowest BCUT2D eigenvalue weighted by atomic mass is 10.0. The van der Waals surface area contributed by atoms with E-state index < -0.39 is 0 Å². The Morgan fingerprint density at radius 1 is 1.07 bits per heavy atom. The van der Waals surface area contributed by atoms with Crippen LogP contribution in [-0.2, 0) is 11.2 Å². The lowest BCUT2D eigenvalue weighted by Crippen LogP contribution is -2.46. The molecule has 1 aliphatic rings. The van der Waals surface area contributed by atoms with E-state index in [2.05, 4.69) is 5.32 Å². The molecule has 5 heteroatoms. The Morgan fingerprint density at radius 2 is 1.82 bits per heavy atom. The number of amides is 2. The van der Waals surface area contributed by atoms with Gasteiger partial charge in [0.2, 0.25) is 5.91 Å². The summed E-state index contributed by atoms with van der Waals surface area (Å²) in [6.07, 6.45) is 2.81. The van der Waals surface area contributed by atoms with Crippen molar-refractivity contribution in [1.29, 1.82) is 0 Å². The molecule has 5 nitrogen and oxygen atoms in total. The molecule has 1 N–H and O–H groups in total. The second kappa shape index (κ2) is 9.93. The van der Waals surface area contributed by atoms with Crippen LogP contribution in [0.5, 0.6) is 5.75 Å². The smallest absolute Gasteiger partial charge is 0.253 e. The highest BCUT2D eigenvalue weighted by Crippen LogP contribution is 2.18. The van der Waals surface area contributed by atoms with Crippen molar-refractivity contribution in [2.24, 2.45) is 0 Å². The zero-order valence-electron chi connectivity index (χ0n) is 16.4. The number of hydrogen-bond donors (Lipinski definition) is 1. The molecule has 1 saturated heterocycles. The van der Waals surface area contributed by atoms with Gasteiger partial charge in [-0.25, -0.2) is 0 Å². The van der Waals surface area contributed by atoms with Gasteiger partial charge in [0, 0.05) is 31.1 Å². The number of carbonyl (C=O) groups excluding carboxylic acids is 2. The Labute approximate surface area is 166 Å². The van der Waals surface area contributed by atoms with Gasteiger partial charge in [-0.3, -0.25) is 9.59 Å². The SMILES string of the molecule is CCOc1cccc(C(=O)N2CCC(NC(=O)CCc3ccccc3)CC2)c1. The third-order valence-electron chi connectivity index (χ3n) is 5.02. The standard InChI is InChI=1S/C23H28N2O3/c1-2-28-21-10-6-9-19(17-21)23(27)25-15-13-20(14-16-25)24-22(26)12-11-18-7-4-3-5-8-18/h3-10,17,20H,2,11-16H2,1H3,(H,24,26). The molecule has 1 aliphatic heterocycles. The summed E-state index contributed by atoms with van der Waals surface area (Å²) < 4.78 is 5.48. The largest absolute Gasteiger partial charge is 0.494 e. The molecule has 148 valence electrons. The fraction of sp³-hybridized carbons (Fsp3) is 0.391. The minimum atomic E-state index is 0.0235. The maximum atomic E-state index is 12.7. The number of rotatable bonds is 7. The molecular formula is C23H28N2O3. The summed E-state index contributed by atoms with van der Waals surface area (Å²) >= 11 is 0. The van der Waals surface area contributed by atoms with Gasteiger partial charge in [-0.15, -0.1) is 0 Å². The minimum Gasteiger partial charge on any atom is -0.494 e. The van der Waals surface area contributed by atoms with Crippen LogP contribution in [0.3, 0.4) is 0 Å². The molecule has 0 unspecified atom stereocenters. The Balaban J connectivity index is 1.44. The predicted molar refractivity (Wildman–Crippen MR) is 109 cm³/mol. The van der Waals surface area contributed by atoms with Gasteiger partial charge in [0.05, 0.1) is 6.61 Å². The number of hydrogen-bond acceptors (Lipinski definition) is 3. The van der Waals surface area contributed by atoms with Crippen molar-refractivity contribution < 1.29 is 14.3 Å². The van der Waals surface area contributed by atoms with Crippen LogP contribution in [0.2, 0.25) is 0 Å². The molecule has 0 aromatic heterocycles. The zero-order valence-corrected chi connectivity index (χ0v) is 16.4. The van der Waals surface area contributed by atoms with E-state index in [1.54, 1.807) is 6.07 Å². The molecule has 2 aromatic carbocycles.